The molecule has 58 valence electrons. The van der Waals surface area contributed by atoms with Crippen LogP contribution in [-0.4, -0.2) is 16.9 Å². The van der Waals surface area contributed by atoms with Crippen molar-refractivity contribution < 1.29 is 0 Å². The molecule has 0 aromatic rings. The number of rotatable bonds is 3. The van der Waals surface area contributed by atoms with Gasteiger partial charge in [-0.1, -0.05) is 12.2 Å². The second-order valence-electron chi connectivity index (χ2n) is 2.36. The van der Waals surface area contributed by atoms with Gasteiger partial charge in [-0.25, -0.2) is 0 Å². The van der Waals surface area contributed by atoms with Crippen LogP contribution >= 0.6 is 12.2 Å². The molecule has 0 aliphatic heterocycles. The first-order chi connectivity index (χ1) is 4.52. The number of aliphatic imine (C=N–C) groups is 1. The summed E-state index contributed by atoms with van der Waals surface area (Å²) in [5, 5.41) is 0. The maximum absolute atomic E-state index is 5.46. The van der Waals surface area contributed by atoms with Crippen molar-refractivity contribution in [3.8, 4) is 0 Å². The van der Waals surface area contributed by atoms with Gasteiger partial charge in [0, 0.05) is 6.04 Å². The summed E-state index contributed by atoms with van der Waals surface area (Å²) in [6.07, 6.45) is 0.424. The highest BCUT2D eigenvalue weighted by molar-refractivity contribution is 7.80. The highest BCUT2D eigenvalue weighted by Crippen LogP contribution is 1.88. The van der Waals surface area contributed by atoms with E-state index in [1.165, 1.54) is 0 Å². The van der Waals surface area contributed by atoms with E-state index >= 15 is 0 Å². The second-order valence-corrected chi connectivity index (χ2v) is 2.88. The van der Waals surface area contributed by atoms with Gasteiger partial charge < -0.3 is 11.5 Å². The summed E-state index contributed by atoms with van der Waals surface area (Å²) in [5.41, 5.74) is 10.7. The van der Waals surface area contributed by atoms with Gasteiger partial charge in [0.25, 0.3) is 0 Å². The number of hydrogen-bond donors (Lipinski definition) is 2. The fraction of sp³-hybridized carbons (Fsp3) is 0.667. The zero-order chi connectivity index (χ0) is 8.15. The Morgan fingerprint density at radius 3 is 2.30 bits per heavy atom. The molecule has 4 heteroatoms. The molecular formula is C6H13N3S. The lowest BCUT2D eigenvalue weighted by Crippen LogP contribution is -2.22. The van der Waals surface area contributed by atoms with E-state index in [0.29, 0.717) is 17.2 Å². The molecule has 0 atom stereocenters. The Morgan fingerprint density at radius 2 is 2.00 bits per heavy atom. The number of amidine groups is 1. The Labute approximate surface area is 66.5 Å². The van der Waals surface area contributed by atoms with Gasteiger partial charge in [0.05, 0.1) is 11.4 Å². The Hall–Kier alpha value is -0.640. The van der Waals surface area contributed by atoms with Gasteiger partial charge in [0.1, 0.15) is 5.84 Å². The van der Waals surface area contributed by atoms with Gasteiger partial charge in [-0.3, -0.25) is 4.99 Å². The van der Waals surface area contributed by atoms with Crippen molar-refractivity contribution in [3.63, 3.8) is 0 Å². The molecule has 0 aliphatic carbocycles. The minimum Gasteiger partial charge on any atom is -0.393 e. The third kappa shape index (κ3) is 5.50. The summed E-state index contributed by atoms with van der Waals surface area (Å²) in [4.78, 5) is 4.44. The van der Waals surface area contributed by atoms with Crippen LogP contribution in [0.2, 0.25) is 0 Å². The van der Waals surface area contributed by atoms with E-state index in [0.717, 1.165) is 0 Å². The molecule has 0 fully saturated rings. The summed E-state index contributed by atoms with van der Waals surface area (Å²) in [5.74, 6) is 0.516. The van der Waals surface area contributed by atoms with Gasteiger partial charge in [0.2, 0.25) is 0 Å². The molecule has 0 heterocycles. The van der Waals surface area contributed by atoms with E-state index in [1.54, 1.807) is 0 Å². The molecule has 3 nitrogen and oxygen atoms in total. The van der Waals surface area contributed by atoms with E-state index < -0.39 is 0 Å². The zero-order valence-electron chi connectivity index (χ0n) is 6.29. The Balaban J connectivity index is 3.82. The second kappa shape index (κ2) is 4.22. The van der Waals surface area contributed by atoms with E-state index in [4.69, 9.17) is 11.5 Å². The first-order valence-electron chi connectivity index (χ1n) is 3.13. The largest absolute Gasteiger partial charge is 0.393 e. The average Bonchev–Trinajstić information content (AvgIpc) is 1.58. The maximum Gasteiger partial charge on any atom is 0.101 e. The highest BCUT2D eigenvalue weighted by Gasteiger charge is 1.95. The quantitative estimate of drug-likeness (QED) is 0.356. The lowest BCUT2D eigenvalue weighted by molar-refractivity contribution is 0.831. The Bertz CT molecular complexity index is 151. The molecule has 4 N–H and O–H groups in total. The lowest BCUT2D eigenvalue weighted by Gasteiger charge is -2.00. The van der Waals surface area contributed by atoms with Crippen LogP contribution in [0.4, 0.5) is 0 Å². The van der Waals surface area contributed by atoms with Gasteiger partial charge in [-0.2, -0.15) is 0 Å². The summed E-state index contributed by atoms with van der Waals surface area (Å²) in [6.45, 7) is 3.90. The van der Waals surface area contributed by atoms with E-state index in [2.05, 4.69) is 17.2 Å². The average molecular weight is 159 g/mol. The monoisotopic (exact) mass is 159 g/mol. The van der Waals surface area contributed by atoms with Crippen LogP contribution in [0.3, 0.4) is 0 Å². The molecule has 0 radical (unpaired) electrons. The van der Waals surface area contributed by atoms with Crippen LogP contribution in [0.25, 0.3) is 0 Å². The SMILES string of the molecule is CC(C)N=C(N)CC(N)=S. The number of hydrogen-bond acceptors (Lipinski definition) is 2. The highest BCUT2D eigenvalue weighted by atomic mass is 32.1. The lowest BCUT2D eigenvalue weighted by atomic mass is 10.3. The van der Waals surface area contributed by atoms with Crippen molar-refractivity contribution in [1.29, 1.82) is 0 Å². The normalized spacial score (nSPS) is 12.1. The molecule has 0 aliphatic rings. The molecule has 0 bridgehead atoms. The topological polar surface area (TPSA) is 64.4 Å². The molecule has 0 saturated carbocycles. The Morgan fingerprint density at radius 1 is 1.50 bits per heavy atom. The number of nitrogens with zero attached hydrogens (tertiary/aromatic N) is 1. The predicted octanol–water partition coefficient (Wildman–Crippen LogP) is 0.428. The molecule has 0 aromatic carbocycles. The molecule has 0 rings (SSSR count). The van der Waals surface area contributed by atoms with Crippen molar-refractivity contribution in [1.82, 2.24) is 0 Å². The predicted molar refractivity (Wildman–Crippen MR) is 48.2 cm³/mol. The van der Waals surface area contributed by atoms with Crippen LogP contribution in [-0.2, 0) is 0 Å². The van der Waals surface area contributed by atoms with Crippen LogP contribution in [0.15, 0.2) is 4.99 Å². The van der Waals surface area contributed by atoms with Crippen LogP contribution in [0, 0.1) is 0 Å². The summed E-state index contributed by atoms with van der Waals surface area (Å²) in [7, 11) is 0. The summed E-state index contributed by atoms with van der Waals surface area (Å²) in [6, 6.07) is 0.217. The van der Waals surface area contributed by atoms with Crippen molar-refractivity contribution in [2.24, 2.45) is 16.5 Å². The van der Waals surface area contributed by atoms with Crippen molar-refractivity contribution in [2.45, 2.75) is 26.3 Å². The van der Waals surface area contributed by atoms with Gasteiger partial charge in [-0.15, -0.1) is 0 Å². The first kappa shape index (κ1) is 9.36. The molecule has 0 aromatic heterocycles. The minimum absolute atomic E-state index is 0.217. The first-order valence-corrected chi connectivity index (χ1v) is 3.53. The molecular weight excluding hydrogens is 146 g/mol. The van der Waals surface area contributed by atoms with Gasteiger partial charge >= 0.3 is 0 Å². The standard InChI is InChI=1S/C6H13N3S/c1-4(2)9-5(7)3-6(8)10/h4H,3H2,1-2H3,(H2,7,9)(H2,8,10). The van der Waals surface area contributed by atoms with Crippen molar-refractivity contribution >= 4 is 23.0 Å². The number of nitrogens with two attached hydrogens (primary N) is 2. The fourth-order valence-corrected chi connectivity index (χ4v) is 0.704. The van der Waals surface area contributed by atoms with Crippen LogP contribution in [0.1, 0.15) is 20.3 Å². The molecule has 0 unspecified atom stereocenters. The summed E-state index contributed by atoms with van der Waals surface area (Å²) < 4.78 is 0. The molecule has 0 saturated heterocycles. The van der Waals surface area contributed by atoms with E-state index in [9.17, 15) is 0 Å². The third-order valence-corrected chi connectivity index (χ3v) is 0.924. The Kier molecular flexibility index (Phi) is 3.95. The van der Waals surface area contributed by atoms with Crippen molar-refractivity contribution in [2.75, 3.05) is 0 Å². The molecule has 0 amide bonds. The smallest absolute Gasteiger partial charge is 0.101 e. The van der Waals surface area contributed by atoms with Gasteiger partial charge in [0.15, 0.2) is 0 Å². The van der Waals surface area contributed by atoms with Gasteiger partial charge in [-0.05, 0) is 13.8 Å². The third-order valence-electron chi connectivity index (χ3n) is 0.779. The van der Waals surface area contributed by atoms with E-state index in [-0.39, 0.29) is 6.04 Å². The minimum atomic E-state index is 0.217. The van der Waals surface area contributed by atoms with Crippen LogP contribution in [0.5, 0.6) is 0 Å². The zero-order valence-corrected chi connectivity index (χ0v) is 7.11. The number of thiocarbonyl (C=S) groups is 1. The fourth-order valence-electron chi connectivity index (χ4n) is 0.556. The van der Waals surface area contributed by atoms with Crippen molar-refractivity contribution in [3.05, 3.63) is 0 Å². The molecule has 0 spiro atoms. The van der Waals surface area contributed by atoms with Crippen LogP contribution < -0.4 is 11.5 Å². The van der Waals surface area contributed by atoms with E-state index in [1.807, 2.05) is 13.8 Å². The summed E-state index contributed by atoms with van der Waals surface area (Å²) >= 11 is 4.64. The maximum atomic E-state index is 5.46. The molecule has 10 heavy (non-hydrogen) atoms.